The van der Waals surface area contributed by atoms with Gasteiger partial charge in [0.2, 0.25) is 0 Å². The Bertz CT molecular complexity index is 859. The van der Waals surface area contributed by atoms with E-state index >= 15 is 0 Å². The summed E-state index contributed by atoms with van der Waals surface area (Å²) in [5.74, 6) is -1.27. The predicted octanol–water partition coefficient (Wildman–Crippen LogP) is 4.05. The molecule has 0 heterocycles. The standard InChI is InChI=1S/C20H18N2O3/c1-13(2)15-8-6-14(7-9-15)10-17(12-21)19(23)22-18-5-3-4-16(11-18)20(24)25/h3-11,13H,1-2H3,(H,22,23)(H,24,25)/b17-10-. The van der Waals surface area contributed by atoms with Crippen LogP contribution in [0.15, 0.2) is 54.1 Å². The van der Waals surface area contributed by atoms with E-state index in [0.717, 1.165) is 5.56 Å². The van der Waals surface area contributed by atoms with E-state index in [4.69, 9.17) is 5.11 Å². The molecule has 0 aliphatic heterocycles. The maximum atomic E-state index is 12.3. The van der Waals surface area contributed by atoms with Crippen molar-refractivity contribution < 1.29 is 14.7 Å². The quantitative estimate of drug-likeness (QED) is 0.637. The van der Waals surface area contributed by atoms with Gasteiger partial charge in [0.1, 0.15) is 11.6 Å². The summed E-state index contributed by atoms with van der Waals surface area (Å²) in [6.07, 6.45) is 1.50. The van der Waals surface area contributed by atoms with Crippen molar-refractivity contribution in [1.82, 2.24) is 0 Å². The SMILES string of the molecule is CC(C)c1ccc(/C=C(/C#N)C(=O)Nc2cccc(C(=O)O)c2)cc1. The normalized spacial score (nSPS) is 11.0. The summed E-state index contributed by atoms with van der Waals surface area (Å²) in [5, 5.41) is 20.8. The molecule has 0 fully saturated rings. The first-order valence-electron chi connectivity index (χ1n) is 7.77. The van der Waals surface area contributed by atoms with Crippen molar-refractivity contribution in [2.75, 3.05) is 5.32 Å². The van der Waals surface area contributed by atoms with Gasteiger partial charge in [0.15, 0.2) is 0 Å². The van der Waals surface area contributed by atoms with Crippen molar-refractivity contribution in [2.45, 2.75) is 19.8 Å². The first-order chi connectivity index (χ1) is 11.9. The van der Waals surface area contributed by atoms with Gasteiger partial charge in [-0.15, -0.1) is 0 Å². The van der Waals surface area contributed by atoms with Crippen LogP contribution in [0.1, 0.15) is 41.3 Å². The molecule has 2 N–H and O–H groups in total. The van der Waals surface area contributed by atoms with E-state index in [0.29, 0.717) is 11.6 Å². The molecular formula is C20H18N2O3. The number of anilines is 1. The van der Waals surface area contributed by atoms with Crippen molar-refractivity contribution in [3.05, 3.63) is 70.8 Å². The van der Waals surface area contributed by atoms with Crippen LogP contribution in [0, 0.1) is 11.3 Å². The molecule has 0 aliphatic carbocycles. The van der Waals surface area contributed by atoms with Crippen LogP contribution in [0.4, 0.5) is 5.69 Å². The molecule has 5 heteroatoms. The fourth-order valence-corrected chi connectivity index (χ4v) is 2.22. The summed E-state index contributed by atoms with van der Waals surface area (Å²) in [7, 11) is 0. The minimum atomic E-state index is -1.09. The second kappa shape index (κ2) is 7.93. The van der Waals surface area contributed by atoms with E-state index in [-0.39, 0.29) is 11.1 Å². The number of hydrogen-bond acceptors (Lipinski definition) is 3. The third kappa shape index (κ3) is 4.79. The molecule has 0 aliphatic rings. The molecule has 1 amide bonds. The number of nitrogens with one attached hydrogen (secondary N) is 1. The molecule has 2 aromatic rings. The Morgan fingerprint density at radius 2 is 1.84 bits per heavy atom. The van der Waals surface area contributed by atoms with E-state index in [2.05, 4.69) is 19.2 Å². The zero-order valence-corrected chi connectivity index (χ0v) is 14.0. The lowest BCUT2D eigenvalue weighted by Gasteiger charge is -2.06. The topological polar surface area (TPSA) is 90.2 Å². The molecule has 5 nitrogen and oxygen atoms in total. The van der Waals surface area contributed by atoms with Crippen molar-refractivity contribution in [3.63, 3.8) is 0 Å². The zero-order chi connectivity index (χ0) is 18.4. The maximum absolute atomic E-state index is 12.3. The lowest BCUT2D eigenvalue weighted by molar-refractivity contribution is -0.112. The summed E-state index contributed by atoms with van der Waals surface area (Å²) in [4.78, 5) is 23.2. The van der Waals surface area contributed by atoms with Crippen LogP contribution >= 0.6 is 0 Å². The third-order valence-corrected chi connectivity index (χ3v) is 3.65. The average Bonchev–Trinajstić information content (AvgIpc) is 2.60. The number of nitriles is 1. The summed E-state index contributed by atoms with van der Waals surface area (Å²) in [6, 6.07) is 15.4. The summed E-state index contributed by atoms with van der Waals surface area (Å²) < 4.78 is 0. The van der Waals surface area contributed by atoms with Gasteiger partial charge >= 0.3 is 5.97 Å². The number of amides is 1. The van der Waals surface area contributed by atoms with Crippen molar-refractivity contribution >= 4 is 23.6 Å². The van der Waals surface area contributed by atoms with Crippen molar-refractivity contribution in [2.24, 2.45) is 0 Å². The highest BCUT2D eigenvalue weighted by Gasteiger charge is 2.11. The van der Waals surface area contributed by atoms with E-state index in [1.807, 2.05) is 30.3 Å². The fourth-order valence-electron chi connectivity index (χ4n) is 2.22. The van der Waals surface area contributed by atoms with Crippen LogP contribution < -0.4 is 5.32 Å². The molecular weight excluding hydrogens is 316 g/mol. The highest BCUT2D eigenvalue weighted by molar-refractivity contribution is 6.10. The smallest absolute Gasteiger partial charge is 0.335 e. The highest BCUT2D eigenvalue weighted by atomic mass is 16.4. The largest absolute Gasteiger partial charge is 0.478 e. The molecule has 0 radical (unpaired) electrons. The first-order valence-corrected chi connectivity index (χ1v) is 7.77. The van der Waals surface area contributed by atoms with Crippen molar-refractivity contribution in [1.29, 1.82) is 5.26 Å². The number of aromatic carboxylic acids is 1. The summed E-state index contributed by atoms with van der Waals surface area (Å²) in [6.45, 7) is 4.18. The van der Waals surface area contributed by atoms with Crippen molar-refractivity contribution in [3.8, 4) is 6.07 Å². The van der Waals surface area contributed by atoms with Gasteiger partial charge in [-0.3, -0.25) is 4.79 Å². The minimum Gasteiger partial charge on any atom is -0.478 e. The summed E-state index contributed by atoms with van der Waals surface area (Å²) >= 11 is 0. The number of rotatable bonds is 5. The molecule has 25 heavy (non-hydrogen) atoms. The molecule has 0 saturated carbocycles. The number of nitrogens with zero attached hydrogens (tertiary/aromatic N) is 1. The van der Waals surface area contributed by atoms with Gasteiger partial charge in [-0.2, -0.15) is 5.26 Å². The van der Waals surface area contributed by atoms with Crippen LogP contribution in [0.25, 0.3) is 6.08 Å². The molecule has 0 bridgehead atoms. The Kier molecular flexibility index (Phi) is 5.70. The number of carboxylic acids is 1. The summed E-state index contributed by atoms with van der Waals surface area (Å²) in [5.41, 5.74) is 2.24. The van der Waals surface area contributed by atoms with E-state index in [9.17, 15) is 14.9 Å². The fraction of sp³-hybridized carbons (Fsp3) is 0.150. The van der Waals surface area contributed by atoms with E-state index in [1.165, 1.54) is 29.8 Å². The lowest BCUT2D eigenvalue weighted by atomic mass is 10.0. The molecule has 126 valence electrons. The number of benzene rings is 2. The van der Waals surface area contributed by atoms with Gasteiger partial charge in [-0.1, -0.05) is 44.2 Å². The molecule has 2 aromatic carbocycles. The maximum Gasteiger partial charge on any atom is 0.335 e. The monoisotopic (exact) mass is 334 g/mol. The van der Waals surface area contributed by atoms with Gasteiger partial charge in [-0.05, 0) is 41.3 Å². The number of carbonyl (C=O) groups excluding carboxylic acids is 1. The van der Waals surface area contributed by atoms with E-state index in [1.54, 1.807) is 6.07 Å². The Balaban J connectivity index is 2.19. The molecule has 0 spiro atoms. The van der Waals surface area contributed by atoms with Crippen LogP contribution in [0.2, 0.25) is 0 Å². The second-order valence-electron chi connectivity index (χ2n) is 5.83. The molecule has 0 aromatic heterocycles. The number of carboxylic acid groups (broad SMARTS) is 1. The first kappa shape index (κ1) is 18.0. The van der Waals surface area contributed by atoms with Crippen LogP contribution in [0.5, 0.6) is 0 Å². The lowest BCUT2D eigenvalue weighted by Crippen LogP contribution is -2.13. The predicted molar refractivity (Wildman–Crippen MR) is 96.2 cm³/mol. The van der Waals surface area contributed by atoms with Gasteiger partial charge < -0.3 is 10.4 Å². The molecule has 0 atom stereocenters. The molecule has 2 rings (SSSR count). The minimum absolute atomic E-state index is 0.0574. The van der Waals surface area contributed by atoms with Gasteiger partial charge in [0, 0.05) is 5.69 Å². The van der Waals surface area contributed by atoms with Gasteiger partial charge in [0.25, 0.3) is 5.91 Å². The molecule has 0 saturated heterocycles. The Morgan fingerprint density at radius 1 is 1.16 bits per heavy atom. The average molecular weight is 334 g/mol. The van der Waals surface area contributed by atoms with Crippen LogP contribution in [0.3, 0.4) is 0 Å². The highest BCUT2D eigenvalue weighted by Crippen LogP contribution is 2.17. The Morgan fingerprint density at radius 3 is 2.40 bits per heavy atom. The second-order valence-corrected chi connectivity index (χ2v) is 5.83. The Hall–Kier alpha value is -3.39. The third-order valence-electron chi connectivity index (χ3n) is 3.65. The van der Waals surface area contributed by atoms with Gasteiger partial charge in [0.05, 0.1) is 5.56 Å². The zero-order valence-electron chi connectivity index (χ0n) is 14.0. The van der Waals surface area contributed by atoms with Crippen LogP contribution in [-0.2, 0) is 4.79 Å². The Labute approximate surface area is 146 Å². The van der Waals surface area contributed by atoms with Crippen LogP contribution in [-0.4, -0.2) is 17.0 Å². The number of carbonyl (C=O) groups is 2. The van der Waals surface area contributed by atoms with Gasteiger partial charge in [-0.25, -0.2) is 4.79 Å². The molecule has 0 unspecified atom stereocenters. The number of hydrogen-bond donors (Lipinski definition) is 2. The van der Waals surface area contributed by atoms with E-state index < -0.39 is 11.9 Å².